The molecular weight excluding hydrogens is 388 g/mol. The van der Waals surface area contributed by atoms with Gasteiger partial charge in [0.15, 0.2) is 0 Å². The van der Waals surface area contributed by atoms with E-state index >= 15 is 0 Å². The van der Waals surface area contributed by atoms with E-state index in [0.717, 1.165) is 42.6 Å². The lowest BCUT2D eigenvalue weighted by molar-refractivity contribution is -0.126. The molecule has 31 heavy (non-hydrogen) atoms. The first-order valence-corrected chi connectivity index (χ1v) is 11.6. The van der Waals surface area contributed by atoms with E-state index in [1.54, 1.807) is 4.90 Å². The van der Waals surface area contributed by atoms with E-state index in [1.807, 2.05) is 55.5 Å². The molecule has 164 valence electrons. The van der Waals surface area contributed by atoms with E-state index in [9.17, 15) is 9.59 Å². The second kappa shape index (κ2) is 9.99. The van der Waals surface area contributed by atoms with Gasteiger partial charge in [0.1, 0.15) is 11.8 Å². The Kier molecular flexibility index (Phi) is 6.90. The van der Waals surface area contributed by atoms with Gasteiger partial charge in [0.2, 0.25) is 5.91 Å². The van der Waals surface area contributed by atoms with Gasteiger partial charge in [-0.3, -0.25) is 9.59 Å². The summed E-state index contributed by atoms with van der Waals surface area (Å²) < 4.78 is 5.52. The van der Waals surface area contributed by atoms with Gasteiger partial charge in [0.25, 0.3) is 5.91 Å². The number of benzene rings is 2. The largest absolute Gasteiger partial charge is 0.494 e. The van der Waals surface area contributed by atoms with Crippen molar-refractivity contribution in [2.24, 2.45) is 0 Å². The summed E-state index contributed by atoms with van der Waals surface area (Å²) in [4.78, 5) is 28.3. The van der Waals surface area contributed by atoms with Crippen molar-refractivity contribution in [3.05, 3.63) is 65.2 Å². The molecule has 1 saturated carbocycles. The topological polar surface area (TPSA) is 58.6 Å². The second-order valence-corrected chi connectivity index (χ2v) is 8.55. The maximum absolute atomic E-state index is 13.4. The predicted octanol–water partition coefficient (Wildman–Crippen LogP) is 5.01. The van der Waals surface area contributed by atoms with E-state index in [1.165, 1.54) is 19.3 Å². The Balaban J connectivity index is 1.54. The number of carbonyl (C=O) groups is 2. The summed E-state index contributed by atoms with van der Waals surface area (Å²) in [6.07, 6.45) is 8.12. The minimum absolute atomic E-state index is 0.0604. The van der Waals surface area contributed by atoms with Crippen molar-refractivity contribution in [1.82, 2.24) is 10.2 Å². The van der Waals surface area contributed by atoms with E-state index in [4.69, 9.17) is 4.74 Å². The van der Waals surface area contributed by atoms with Crippen LogP contribution < -0.4 is 10.1 Å². The second-order valence-electron chi connectivity index (χ2n) is 8.55. The van der Waals surface area contributed by atoms with Gasteiger partial charge < -0.3 is 15.0 Å². The van der Waals surface area contributed by atoms with Crippen LogP contribution >= 0.6 is 0 Å². The fraction of sp³-hybridized carbons (Fsp3) is 0.462. The highest BCUT2D eigenvalue weighted by molar-refractivity contribution is 6.04. The smallest absolute Gasteiger partial charge is 0.255 e. The van der Waals surface area contributed by atoms with Crippen LogP contribution in [0.15, 0.2) is 48.5 Å². The number of carbonyl (C=O) groups excluding carboxylic acids is 2. The summed E-state index contributed by atoms with van der Waals surface area (Å²) >= 11 is 0. The zero-order valence-electron chi connectivity index (χ0n) is 18.3. The third-order valence-electron chi connectivity index (χ3n) is 6.35. The minimum Gasteiger partial charge on any atom is -0.494 e. The molecule has 1 N–H and O–H groups in total. The highest BCUT2D eigenvalue weighted by Gasteiger charge is 2.41. The number of hydrogen-bond donors (Lipinski definition) is 1. The molecule has 0 aromatic heterocycles. The standard InChI is InChI=1S/C26H32N2O3/c1-2-31-21-16-14-19(15-17-21)18-28-24(22-12-8-9-13-23(22)26(28)30)25(29)27-20-10-6-4-3-5-7-11-20/h8-9,12-17,20,24H,2-7,10-11,18H2,1H3,(H,27,29)/t24-/m1/s1. The Morgan fingerprint density at radius 3 is 2.39 bits per heavy atom. The molecule has 2 aromatic rings. The van der Waals surface area contributed by atoms with Gasteiger partial charge in [-0.05, 0) is 49.1 Å². The minimum atomic E-state index is -0.583. The van der Waals surface area contributed by atoms with Gasteiger partial charge in [0, 0.05) is 18.2 Å². The van der Waals surface area contributed by atoms with E-state index in [0.29, 0.717) is 18.7 Å². The molecule has 1 fully saturated rings. The summed E-state index contributed by atoms with van der Waals surface area (Å²) in [5, 5.41) is 3.28. The molecule has 2 amide bonds. The first kappa shape index (κ1) is 21.4. The van der Waals surface area contributed by atoms with Crippen molar-refractivity contribution >= 4 is 11.8 Å². The normalized spacial score (nSPS) is 19.5. The molecule has 5 nitrogen and oxygen atoms in total. The summed E-state index contributed by atoms with van der Waals surface area (Å²) in [7, 11) is 0. The number of nitrogens with one attached hydrogen (secondary N) is 1. The van der Waals surface area contributed by atoms with Crippen molar-refractivity contribution in [3.8, 4) is 5.75 Å². The molecular formula is C26H32N2O3. The predicted molar refractivity (Wildman–Crippen MR) is 121 cm³/mol. The van der Waals surface area contributed by atoms with Crippen LogP contribution in [0.1, 0.15) is 79.4 Å². The van der Waals surface area contributed by atoms with Gasteiger partial charge in [-0.2, -0.15) is 0 Å². The number of rotatable bonds is 6. The van der Waals surface area contributed by atoms with Crippen LogP contribution in [0.3, 0.4) is 0 Å². The van der Waals surface area contributed by atoms with Crippen LogP contribution in [-0.2, 0) is 11.3 Å². The van der Waals surface area contributed by atoms with Gasteiger partial charge in [-0.1, -0.05) is 62.4 Å². The first-order valence-electron chi connectivity index (χ1n) is 11.6. The SMILES string of the molecule is CCOc1ccc(CN2C(=O)c3ccccc3[C@@H]2C(=O)NC2CCCCCCC2)cc1. The molecule has 2 aliphatic rings. The third kappa shape index (κ3) is 4.92. The molecule has 0 bridgehead atoms. The van der Waals surface area contributed by atoms with Crippen LogP contribution in [0, 0.1) is 0 Å². The van der Waals surface area contributed by atoms with Crippen LogP contribution in [0.4, 0.5) is 0 Å². The monoisotopic (exact) mass is 420 g/mol. The Morgan fingerprint density at radius 2 is 1.68 bits per heavy atom. The Hall–Kier alpha value is -2.82. The average Bonchev–Trinajstić information content (AvgIpc) is 3.03. The number of amides is 2. The van der Waals surface area contributed by atoms with Gasteiger partial charge >= 0.3 is 0 Å². The fourth-order valence-corrected chi connectivity index (χ4v) is 4.75. The lowest BCUT2D eigenvalue weighted by Crippen LogP contribution is -2.43. The Morgan fingerprint density at radius 1 is 1.00 bits per heavy atom. The summed E-state index contributed by atoms with van der Waals surface area (Å²) in [6.45, 7) is 2.96. The zero-order valence-corrected chi connectivity index (χ0v) is 18.3. The quantitative estimate of drug-likeness (QED) is 0.714. The van der Waals surface area contributed by atoms with Crippen molar-refractivity contribution in [2.75, 3.05) is 6.61 Å². The molecule has 1 aliphatic carbocycles. The Labute approximate surface area is 184 Å². The van der Waals surface area contributed by atoms with Gasteiger partial charge in [0.05, 0.1) is 6.61 Å². The van der Waals surface area contributed by atoms with Gasteiger partial charge in [-0.25, -0.2) is 0 Å². The summed E-state index contributed by atoms with van der Waals surface area (Å²) in [6, 6.07) is 14.9. The third-order valence-corrected chi connectivity index (χ3v) is 6.35. The maximum atomic E-state index is 13.4. The lowest BCUT2D eigenvalue weighted by atomic mass is 9.96. The van der Waals surface area contributed by atoms with Crippen molar-refractivity contribution in [2.45, 2.75) is 70.5 Å². The molecule has 1 aliphatic heterocycles. The fourth-order valence-electron chi connectivity index (χ4n) is 4.75. The first-order chi connectivity index (χ1) is 15.2. The van der Waals surface area contributed by atoms with Crippen molar-refractivity contribution in [1.29, 1.82) is 0 Å². The summed E-state index contributed by atoms with van der Waals surface area (Å²) in [5.74, 6) is 0.665. The Bertz CT molecular complexity index is 901. The molecule has 2 aromatic carbocycles. The van der Waals surface area contributed by atoms with Crippen molar-refractivity contribution < 1.29 is 14.3 Å². The maximum Gasteiger partial charge on any atom is 0.255 e. The highest BCUT2D eigenvalue weighted by Crippen LogP contribution is 2.35. The van der Waals surface area contributed by atoms with Crippen LogP contribution in [0.25, 0.3) is 0 Å². The van der Waals surface area contributed by atoms with Crippen LogP contribution in [0.5, 0.6) is 5.75 Å². The average molecular weight is 421 g/mol. The number of nitrogens with zero attached hydrogens (tertiary/aromatic N) is 1. The van der Waals surface area contributed by atoms with Crippen LogP contribution in [-0.4, -0.2) is 29.4 Å². The molecule has 0 saturated heterocycles. The number of hydrogen-bond acceptors (Lipinski definition) is 3. The molecule has 0 unspecified atom stereocenters. The molecule has 1 atom stereocenters. The van der Waals surface area contributed by atoms with Crippen molar-refractivity contribution in [3.63, 3.8) is 0 Å². The van der Waals surface area contributed by atoms with Crippen LogP contribution in [0.2, 0.25) is 0 Å². The zero-order chi connectivity index (χ0) is 21.6. The molecule has 4 rings (SSSR count). The molecule has 0 radical (unpaired) electrons. The van der Waals surface area contributed by atoms with E-state index < -0.39 is 6.04 Å². The number of ether oxygens (including phenoxy) is 1. The van der Waals surface area contributed by atoms with E-state index in [2.05, 4.69) is 5.32 Å². The highest BCUT2D eigenvalue weighted by atomic mass is 16.5. The number of fused-ring (bicyclic) bond motifs is 1. The summed E-state index contributed by atoms with van der Waals surface area (Å²) in [5.41, 5.74) is 2.42. The van der Waals surface area contributed by atoms with Gasteiger partial charge in [-0.15, -0.1) is 0 Å². The molecule has 1 heterocycles. The molecule has 0 spiro atoms. The molecule has 5 heteroatoms. The lowest BCUT2D eigenvalue weighted by Gasteiger charge is -2.28. The van der Waals surface area contributed by atoms with E-state index in [-0.39, 0.29) is 17.9 Å².